The maximum absolute atomic E-state index is 11.4. The maximum atomic E-state index is 11.4. The standard InChI is InChI=1S/C21H16N2OS/c1-13(14-5-4-6-16(11-14)21(22)24)15-9-10-20-18(12-15)23-17-7-2-3-8-19(17)25-20/h2-12,23H,1H2,(H2,22,24). The molecule has 0 spiro atoms. The van der Waals surface area contributed by atoms with Crippen LogP contribution in [0.1, 0.15) is 21.5 Å². The predicted octanol–water partition coefficient (Wildman–Crippen LogP) is 5.06. The molecular weight excluding hydrogens is 328 g/mol. The highest BCUT2D eigenvalue weighted by molar-refractivity contribution is 7.99. The molecule has 3 aromatic carbocycles. The van der Waals surface area contributed by atoms with E-state index in [1.807, 2.05) is 24.3 Å². The van der Waals surface area contributed by atoms with Gasteiger partial charge in [0.25, 0.3) is 0 Å². The number of anilines is 2. The molecule has 0 aromatic heterocycles. The van der Waals surface area contributed by atoms with Crippen LogP contribution in [-0.2, 0) is 0 Å². The highest BCUT2D eigenvalue weighted by Crippen LogP contribution is 2.44. The molecule has 25 heavy (non-hydrogen) atoms. The Labute approximate surface area is 150 Å². The Morgan fingerprint density at radius 2 is 1.56 bits per heavy atom. The number of rotatable bonds is 3. The van der Waals surface area contributed by atoms with E-state index < -0.39 is 5.91 Å². The first-order chi connectivity index (χ1) is 12.1. The van der Waals surface area contributed by atoms with Crippen LogP contribution in [-0.4, -0.2) is 5.91 Å². The fraction of sp³-hybridized carbons (Fsp3) is 0. The van der Waals surface area contributed by atoms with E-state index in [0.29, 0.717) is 5.56 Å². The van der Waals surface area contributed by atoms with Gasteiger partial charge >= 0.3 is 0 Å². The lowest BCUT2D eigenvalue weighted by atomic mass is 9.97. The number of carbonyl (C=O) groups excluding carboxylic acids is 1. The molecular formula is C21H16N2OS. The lowest BCUT2D eigenvalue weighted by molar-refractivity contribution is 0.100. The van der Waals surface area contributed by atoms with E-state index in [9.17, 15) is 4.79 Å². The van der Waals surface area contributed by atoms with E-state index in [-0.39, 0.29) is 0 Å². The van der Waals surface area contributed by atoms with Crippen molar-refractivity contribution in [3.05, 3.63) is 90.0 Å². The van der Waals surface area contributed by atoms with Crippen LogP contribution >= 0.6 is 11.8 Å². The Morgan fingerprint density at radius 1 is 0.840 bits per heavy atom. The van der Waals surface area contributed by atoms with Gasteiger partial charge in [-0.15, -0.1) is 0 Å². The van der Waals surface area contributed by atoms with Crippen LogP contribution in [0.2, 0.25) is 0 Å². The third-order valence-electron chi connectivity index (χ3n) is 4.20. The van der Waals surface area contributed by atoms with Gasteiger partial charge in [-0.3, -0.25) is 4.79 Å². The molecule has 1 amide bonds. The molecule has 1 aliphatic rings. The molecule has 0 unspecified atom stereocenters. The van der Waals surface area contributed by atoms with Crippen molar-refractivity contribution in [3.8, 4) is 0 Å². The van der Waals surface area contributed by atoms with E-state index in [0.717, 1.165) is 28.1 Å². The molecule has 0 atom stereocenters. The highest BCUT2D eigenvalue weighted by atomic mass is 32.2. The molecule has 0 saturated heterocycles. The molecule has 4 rings (SSSR count). The summed E-state index contributed by atoms with van der Waals surface area (Å²) in [5.41, 5.74) is 10.8. The normalized spacial score (nSPS) is 11.8. The summed E-state index contributed by atoms with van der Waals surface area (Å²) in [6.07, 6.45) is 0. The van der Waals surface area contributed by atoms with Crippen LogP contribution in [0.25, 0.3) is 5.57 Å². The molecule has 0 fully saturated rings. The summed E-state index contributed by atoms with van der Waals surface area (Å²) < 4.78 is 0. The SMILES string of the molecule is C=C(c1cccc(C(N)=O)c1)c1ccc2c(c1)Nc1ccccc1S2. The number of primary amides is 1. The molecule has 0 aliphatic carbocycles. The monoisotopic (exact) mass is 344 g/mol. The van der Waals surface area contributed by atoms with E-state index in [1.165, 1.54) is 9.79 Å². The van der Waals surface area contributed by atoms with Crippen LogP contribution in [0.3, 0.4) is 0 Å². The molecule has 3 aromatic rings. The molecule has 0 saturated carbocycles. The molecule has 0 radical (unpaired) electrons. The summed E-state index contributed by atoms with van der Waals surface area (Å²) >= 11 is 1.75. The average molecular weight is 344 g/mol. The van der Waals surface area contributed by atoms with Crippen molar-refractivity contribution in [2.45, 2.75) is 9.79 Å². The van der Waals surface area contributed by atoms with Gasteiger partial charge < -0.3 is 11.1 Å². The Hall–Kier alpha value is -2.98. The minimum absolute atomic E-state index is 0.435. The lowest BCUT2D eigenvalue weighted by Crippen LogP contribution is -2.10. The number of para-hydroxylation sites is 1. The first kappa shape index (κ1) is 15.5. The van der Waals surface area contributed by atoms with Gasteiger partial charge in [0.15, 0.2) is 0 Å². The van der Waals surface area contributed by atoms with Crippen molar-refractivity contribution in [2.24, 2.45) is 5.73 Å². The van der Waals surface area contributed by atoms with Crippen molar-refractivity contribution >= 4 is 34.6 Å². The zero-order valence-electron chi connectivity index (χ0n) is 13.5. The van der Waals surface area contributed by atoms with Crippen molar-refractivity contribution in [2.75, 3.05) is 5.32 Å². The molecule has 1 heterocycles. The van der Waals surface area contributed by atoms with Gasteiger partial charge in [0.1, 0.15) is 0 Å². The van der Waals surface area contributed by atoms with Crippen molar-refractivity contribution in [3.63, 3.8) is 0 Å². The number of carbonyl (C=O) groups is 1. The Kier molecular flexibility index (Phi) is 3.82. The summed E-state index contributed by atoms with van der Waals surface area (Å²) in [6.45, 7) is 4.20. The summed E-state index contributed by atoms with van der Waals surface area (Å²) in [6, 6.07) is 21.7. The zero-order chi connectivity index (χ0) is 17.4. The Balaban J connectivity index is 1.68. The van der Waals surface area contributed by atoms with Gasteiger partial charge in [0.2, 0.25) is 5.91 Å². The van der Waals surface area contributed by atoms with Gasteiger partial charge in [-0.05, 0) is 53.1 Å². The lowest BCUT2D eigenvalue weighted by Gasteiger charge is -2.21. The Bertz CT molecular complexity index is 1010. The minimum atomic E-state index is -0.435. The van der Waals surface area contributed by atoms with E-state index in [2.05, 4.69) is 42.2 Å². The fourth-order valence-corrected chi connectivity index (χ4v) is 3.82. The van der Waals surface area contributed by atoms with Gasteiger partial charge in [-0.2, -0.15) is 0 Å². The quantitative estimate of drug-likeness (QED) is 0.546. The minimum Gasteiger partial charge on any atom is -0.366 e. The van der Waals surface area contributed by atoms with Crippen LogP contribution in [0.15, 0.2) is 83.1 Å². The largest absolute Gasteiger partial charge is 0.366 e. The van der Waals surface area contributed by atoms with Crippen molar-refractivity contribution in [1.29, 1.82) is 0 Å². The average Bonchev–Trinajstić information content (AvgIpc) is 2.65. The predicted molar refractivity (Wildman–Crippen MR) is 103 cm³/mol. The first-order valence-corrected chi connectivity index (χ1v) is 8.71. The third-order valence-corrected chi connectivity index (χ3v) is 5.35. The maximum Gasteiger partial charge on any atom is 0.248 e. The zero-order valence-corrected chi connectivity index (χ0v) is 14.3. The summed E-state index contributed by atoms with van der Waals surface area (Å²) in [5, 5.41) is 3.48. The van der Waals surface area contributed by atoms with Crippen molar-refractivity contribution < 1.29 is 4.79 Å². The first-order valence-electron chi connectivity index (χ1n) is 7.89. The second-order valence-corrected chi connectivity index (χ2v) is 6.94. The molecule has 4 heteroatoms. The van der Waals surface area contributed by atoms with Gasteiger partial charge in [0.05, 0.1) is 11.4 Å². The topological polar surface area (TPSA) is 55.1 Å². The smallest absolute Gasteiger partial charge is 0.248 e. The number of benzene rings is 3. The van der Waals surface area contributed by atoms with Crippen LogP contribution in [0, 0.1) is 0 Å². The summed E-state index contributed by atoms with van der Waals surface area (Å²) in [4.78, 5) is 13.8. The summed E-state index contributed by atoms with van der Waals surface area (Å²) in [5.74, 6) is -0.435. The van der Waals surface area contributed by atoms with Crippen LogP contribution < -0.4 is 11.1 Å². The van der Waals surface area contributed by atoms with Gasteiger partial charge in [0, 0.05) is 15.4 Å². The van der Waals surface area contributed by atoms with Gasteiger partial charge in [-0.1, -0.05) is 48.7 Å². The number of nitrogens with two attached hydrogens (primary N) is 1. The van der Waals surface area contributed by atoms with E-state index in [1.54, 1.807) is 23.9 Å². The number of amides is 1. The van der Waals surface area contributed by atoms with Crippen LogP contribution in [0.4, 0.5) is 11.4 Å². The highest BCUT2D eigenvalue weighted by Gasteiger charge is 2.16. The third kappa shape index (κ3) is 2.92. The number of nitrogens with one attached hydrogen (secondary N) is 1. The fourth-order valence-electron chi connectivity index (χ4n) is 2.85. The van der Waals surface area contributed by atoms with E-state index in [4.69, 9.17) is 5.73 Å². The van der Waals surface area contributed by atoms with Crippen molar-refractivity contribution in [1.82, 2.24) is 0 Å². The number of fused-ring (bicyclic) bond motifs is 2. The molecule has 1 aliphatic heterocycles. The van der Waals surface area contributed by atoms with Gasteiger partial charge in [-0.25, -0.2) is 0 Å². The molecule has 3 nitrogen and oxygen atoms in total. The Morgan fingerprint density at radius 3 is 2.40 bits per heavy atom. The molecule has 0 bridgehead atoms. The second-order valence-electron chi connectivity index (χ2n) is 5.86. The van der Waals surface area contributed by atoms with Crippen LogP contribution in [0.5, 0.6) is 0 Å². The number of hydrogen-bond acceptors (Lipinski definition) is 3. The second kappa shape index (κ2) is 6.15. The molecule has 3 N–H and O–H groups in total. The molecule has 122 valence electrons. The summed E-state index contributed by atoms with van der Waals surface area (Å²) in [7, 11) is 0. The van der Waals surface area contributed by atoms with E-state index >= 15 is 0 Å². The number of hydrogen-bond donors (Lipinski definition) is 2.